The number of rotatable bonds is 6. The number of halogens is 1. The van der Waals surface area contributed by atoms with Gasteiger partial charge in [0.25, 0.3) is 0 Å². The van der Waals surface area contributed by atoms with Gasteiger partial charge in [-0.2, -0.15) is 0 Å². The predicted molar refractivity (Wildman–Crippen MR) is 104 cm³/mol. The van der Waals surface area contributed by atoms with E-state index in [-0.39, 0.29) is 42.1 Å². The molecule has 0 bridgehead atoms. The SMILES string of the molecule is CC(CN)(NC(=O)C1CC(=O)N(c2cccc(S(N)(=O)=O)c2)C1)C1CC1.Cl. The van der Waals surface area contributed by atoms with Crippen LogP contribution in [0.25, 0.3) is 0 Å². The molecule has 3 rings (SSSR count). The number of anilines is 1. The quantitative estimate of drug-likeness (QED) is 0.614. The molecule has 1 aromatic carbocycles. The second kappa shape index (κ2) is 7.75. The second-order valence-corrected chi connectivity index (χ2v) is 8.89. The van der Waals surface area contributed by atoms with Crippen molar-refractivity contribution in [2.75, 3.05) is 18.0 Å². The van der Waals surface area contributed by atoms with Gasteiger partial charge in [0.15, 0.2) is 0 Å². The Morgan fingerprint density at radius 3 is 2.59 bits per heavy atom. The van der Waals surface area contributed by atoms with E-state index < -0.39 is 21.5 Å². The number of carbonyl (C=O) groups is 2. The molecule has 150 valence electrons. The zero-order chi connectivity index (χ0) is 19.1. The van der Waals surface area contributed by atoms with Crippen LogP contribution in [-0.4, -0.2) is 38.9 Å². The van der Waals surface area contributed by atoms with Crippen molar-refractivity contribution in [2.24, 2.45) is 22.7 Å². The van der Waals surface area contributed by atoms with Crippen LogP contribution in [0.15, 0.2) is 29.2 Å². The lowest BCUT2D eigenvalue weighted by Gasteiger charge is -2.30. The first kappa shape index (κ1) is 21.6. The average Bonchev–Trinajstić information content (AvgIpc) is 3.37. The summed E-state index contributed by atoms with van der Waals surface area (Å²) in [5.41, 5.74) is 5.81. The minimum absolute atomic E-state index is 0. The molecule has 0 aromatic heterocycles. The van der Waals surface area contributed by atoms with Crippen molar-refractivity contribution in [3.05, 3.63) is 24.3 Å². The monoisotopic (exact) mass is 416 g/mol. The number of hydrogen-bond donors (Lipinski definition) is 3. The van der Waals surface area contributed by atoms with E-state index in [0.29, 0.717) is 18.2 Å². The van der Waals surface area contributed by atoms with E-state index in [2.05, 4.69) is 5.32 Å². The summed E-state index contributed by atoms with van der Waals surface area (Å²) in [6, 6.07) is 5.86. The lowest BCUT2D eigenvalue weighted by Crippen LogP contribution is -2.54. The highest BCUT2D eigenvalue weighted by atomic mass is 35.5. The molecule has 2 aliphatic rings. The van der Waals surface area contributed by atoms with Gasteiger partial charge in [-0.25, -0.2) is 13.6 Å². The van der Waals surface area contributed by atoms with Crippen LogP contribution in [0.2, 0.25) is 0 Å². The topological polar surface area (TPSA) is 136 Å². The van der Waals surface area contributed by atoms with E-state index >= 15 is 0 Å². The summed E-state index contributed by atoms with van der Waals surface area (Å²) in [6.07, 6.45) is 2.17. The number of hydrogen-bond acceptors (Lipinski definition) is 5. The number of nitrogens with zero attached hydrogens (tertiary/aromatic N) is 1. The third-order valence-corrected chi connectivity index (χ3v) is 6.18. The zero-order valence-corrected chi connectivity index (χ0v) is 16.7. The molecule has 8 nitrogen and oxygen atoms in total. The Bertz CT molecular complexity index is 843. The minimum Gasteiger partial charge on any atom is -0.349 e. The Labute approximate surface area is 165 Å². The second-order valence-electron chi connectivity index (χ2n) is 7.33. The van der Waals surface area contributed by atoms with Crippen LogP contribution in [0.4, 0.5) is 5.69 Å². The van der Waals surface area contributed by atoms with Gasteiger partial charge < -0.3 is 16.0 Å². The van der Waals surface area contributed by atoms with Crippen LogP contribution < -0.4 is 21.1 Å². The summed E-state index contributed by atoms with van der Waals surface area (Å²) in [5.74, 6) is -0.526. The van der Waals surface area contributed by atoms with E-state index in [1.807, 2.05) is 6.92 Å². The fourth-order valence-corrected chi connectivity index (χ4v) is 3.94. The fraction of sp³-hybridized carbons (Fsp3) is 0.529. The molecule has 27 heavy (non-hydrogen) atoms. The van der Waals surface area contributed by atoms with Gasteiger partial charge in [0.1, 0.15) is 0 Å². The van der Waals surface area contributed by atoms with E-state index in [1.165, 1.54) is 23.1 Å². The summed E-state index contributed by atoms with van der Waals surface area (Å²) in [4.78, 5) is 26.4. The molecule has 1 aliphatic heterocycles. The molecule has 0 radical (unpaired) electrons. The van der Waals surface area contributed by atoms with E-state index in [0.717, 1.165) is 12.8 Å². The first-order valence-corrected chi connectivity index (χ1v) is 10.1. The van der Waals surface area contributed by atoms with Crippen LogP contribution in [0.1, 0.15) is 26.2 Å². The van der Waals surface area contributed by atoms with E-state index in [4.69, 9.17) is 10.9 Å². The van der Waals surface area contributed by atoms with Crippen LogP contribution >= 0.6 is 12.4 Å². The molecule has 1 saturated heterocycles. The van der Waals surface area contributed by atoms with Gasteiger partial charge in [-0.15, -0.1) is 12.4 Å². The third-order valence-electron chi connectivity index (χ3n) is 5.26. The maximum Gasteiger partial charge on any atom is 0.238 e. The van der Waals surface area contributed by atoms with Crippen molar-refractivity contribution in [3.63, 3.8) is 0 Å². The molecule has 1 aromatic rings. The summed E-state index contributed by atoms with van der Waals surface area (Å²) in [7, 11) is -3.86. The van der Waals surface area contributed by atoms with Gasteiger partial charge in [0, 0.05) is 25.2 Å². The lowest BCUT2D eigenvalue weighted by atomic mass is 9.94. The Balaban J connectivity index is 0.00000261. The number of primary sulfonamides is 1. The summed E-state index contributed by atoms with van der Waals surface area (Å²) < 4.78 is 23.0. The number of nitrogens with one attached hydrogen (secondary N) is 1. The largest absolute Gasteiger partial charge is 0.349 e. The van der Waals surface area contributed by atoms with Gasteiger partial charge in [0.2, 0.25) is 21.8 Å². The number of amides is 2. The lowest BCUT2D eigenvalue weighted by molar-refractivity contribution is -0.128. The highest BCUT2D eigenvalue weighted by molar-refractivity contribution is 7.89. The molecular formula is C17H25ClN4O4S. The van der Waals surface area contributed by atoms with Gasteiger partial charge in [-0.05, 0) is 43.9 Å². The van der Waals surface area contributed by atoms with Crippen LogP contribution in [0.5, 0.6) is 0 Å². The summed E-state index contributed by atoms with van der Waals surface area (Å²) >= 11 is 0. The molecule has 2 amide bonds. The molecule has 5 N–H and O–H groups in total. The summed E-state index contributed by atoms with van der Waals surface area (Å²) in [5, 5.41) is 8.16. The molecule has 10 heteroatoms. The minimum atomic E-state index is -3.86. The van der Waals surface area contributed by atoms with Crippen molar-refractivity contribution < 1.29 is 18.0 Å². The zero-order valence-electron chi connectivity index (χ0n) is 15.1. The van der Waals surface area contributed by atoms with Crippen molar-refractivity contribution in [1.82, 2.24) is 5.32 Å². The van der Waals surface area contributed by atoms with Crippen LogP contribution in [-0.2, 0) is 19.6 Å². The van der Waals surface area contributed by atoms with E-state index in [9.17, 15) is 18.0 Å². The average molecular weight is 417 g/mol. The van der Waals surface area contributed by atoms with Crippen molar-refractivity contribution in [3.8, 4) is 0 Å². The fourth-order valence-electron chi connectivity index (χ4n) is 3.38. The summed E-state index contributed by atoms with van der Waals surface area (Å²) in [6.45, 7) is 2.49. The molecular weight excluding hydrogens is 392 g/mol. The molecule has 2 unspecified atom stereocenters. The van der Waals surface area contributed by atoms with Crippen LogP contribution in [0.3, 0.4) is 0 Å². The normalized spacial score (nSPS) is 22.1. The van der Waals surface area contributed by atoms with Gasteiger partial charge in [-0.3, -0.25) is 9.59 Å². The van der Waals surface area contributed by atoms with Gasteiger partial charge in [-0.1, -0.05) is 6.07 Å². The van der Waals surface area contributed by atoms with Gasteiger partial charge >= 0.3 is 0 Å². The molecule has 0 spiro atoms. The molecule has 1 heterocycles. The van der Waals surface area contributed by atoms with E-state index in [1.54, 1.807) is 6.07 Å². The highest BCUT2D eigenvalue weighted by Crippen LogP contribution is 2.39. The Kier molecular flexibility index (Phi) is 6.20. The smallest absolute Gasteiger partial charge is 0.238 e. The number of sulfonamides is 1. The first-order chi connectivity index (χ1) is 12.1. The first-order valence-electron chi connectivity index (χ1n) is 8.59. The van der Waals surface area contributed by atoms with Crippen LogP contribution in [0, 0.1) is 11.8 Å². The Morgan fingerprint density at radius 1 is 1.37 bits per heavy atom. The number of benzene rings is 1. The molecule has 1 saturated carbocycles. The molecule has 2 atom stereocenters. The molecule has 2 fully saturated rings. The highest BCUT2D eigenvalue weighted by Gasteiger charge is 2.44. The standard InChI is InChI=1S/C17H24N4O4S.ClH/c1-17(10-18,12-5-6-12)20-16(23)11-7-15(22)21(9-11)13-3-2-4-14(8-13)26(19,24)25;/h2-4,8,11-12H,5-7,9-10,18H2,1H3,(H,20,23)(H2,19,24,25);1H. The Morgan fingerprint density at radius 2 is 2.04 bits per heavy atom. The van der Waals surface area contributed by atoms with Crippen molar-refractivity contribution >= 4 is 39.9 Å². The number of carbonyl (C=O) groups excluding carboxylic acids is 2. The maximum absolute atomic E-state index is 12.6. The van der Waals surface area contributed by atoms with Crippen molar-refractivity contribution in [1.29, 1.82) is 0 Å². The third kappa shape index (κ3) is 4.60. The predicted octanol–water partition coefficient (Wildman–Crippen LogP) is 0.352. The molecule has 1 aliphatic carbocycles. The number of nitrogens with two attached hydrogens (primary N) is 2. The maximum atomic E-state index is 12.6. The van der Waals surface area contributed by atoms with Crippen molar-refractivity contribution in [2.45, 2.75) is 36.6 Å². The Hall–Kier alpha value is -1.68. The van der Waals surface area contributed by atoms with Gasteiger partial charge in [0.05, 0.1) is 16.4 Å².